The van der Waals surface area contributed by atoms with E-state index in [1.807, 2.05) is 31.2 Å². The third-order valence-corrected chi connectivity index (χ3v) is 5.75. The average Bonchev–Trinajstić information content (AvgIpc) is 3.09. The molecule has 22 heavy (non-hydrogen) atoms. The number of fused-ring (bicyclic) bond motifs is 3. The number of para-hydroxylation sites is 1. The van der Waals surface area contributed by atoms with Gasteiger partial charge in [0.1, 0.15) is 11.5 Å². The van der Waals surface area contributed by atoms with Gasteiger partial charge in [0.25, 0.3) is 0 Å². The third-order valence-electron chi connectivity index (χ3n) is 5.75. The number of anilines is 1. The zero-order valence-corrected chi connectivity index (χ0v) is 12.8. The lowest BCUT2D eigenvalue weighted by atomic mass is 9.60. The van der Waals surface area contributed by atoms with Crippen LogP contribution in [0.4, 0.5) is 5.69 Å². The second-order valence-electron chi connectivity index (χ2n) is 6.60. The molecule has 4 heteroatoms. The Balaban J connectivity index is 2.08. The summed E-state index contributed by atoms with van der Waals surface area (Å²) in [4.78, 5) is 27.3. The molecule has 1 spiro atoms. The van der Waals surface area contributed by atoms with Gasteiger partial charge in [-0.1, -0.05) is 25.1 Å². The highest BCUT2D eigenvalue weighted by Gasteiger charge is 2.61. The smallest absolute Gasteiger partial charge is 0.242 e. The Morgan fingerprint density at radius 2 is 1.95 bits per heavy atom. The van der Waals surface area contributed by atoms with Crippen LogP contribution < -0.4 is 4.90 Å². The molecule has 114 valence electrons. The topological polar surface area (TPSA) is 57.6 Å². The molecule has 0 saturated carbocycles. The van der Waals surface area contributed by atoms with Crippen molar-refractivity contribution >= 4 is 17.4 Å². The van der Waals surface area contributed by atoms with Gasteiger partial charge in [-0.25, -0.2) is 0 Å². The van der Waals surface area contributed by atoms with Crippen LogP contribution in [0.5, 0.6) is 0 Å². The van der Waals surface area contributed by atoms with Crippen molar-refractivity contribution in [1.82, 2.24) is 0 Å². The molecule has 0 radical (unpaired) electrons. The second-order valence-corrected chi connectivity index (χ2v) is 6.60. The molecule has 4 nitrogen and oxygen atoms in total. The summed E-state index contributed by atoms with van der Waals surface area (Å²) < 4.78 is 0. The number of Topliss-reactive ketones (excluding diaryl/α,β-unsaturated/α-hetero) is 1. The maximum absolute atomic E-state index is 13.2. The molecule has 3 aliphatic rings. The highest BCUT2D eigenvalue weighted by molar-refractivity contribution is 6.14. The van der Waals surface area contributed by atoms with Crippen molar-refractivity contribution < 1.29 is 14.7 Å². The fourth-order valence-corrected chi connectivity index (χ4v) is 4.69. The molecule has 0 bridgehead atoms. The Bertz CT molecular complexity index is 736. The van der Waals surface area contributed by atoms with Crippen molar-refractivity contribution in [3.05, 3.63) is 41.0 Å². The van der Waals surface area contributed by atoms with Crippen LogP contribution in [0.2, 0.25) is 0 Å². The number of carbonyl (C=O) groups excluding carboxylic acids is 2. The van der Waals surface area contributed by atoms with Gasteiger partial charge in [-0.3, -0.25) is 9.59 Å². The molecule has 4 rings (SSSR count). The molecule has 1 amide bonds. The van der Waals surface area contributed by atoms with Gasteiger partial charge in [0.2, 0.25) is 5.91 Å². The van der Waals surface area contributed by atoms with Crippen LogP contribution >= 0.6 is 0 Å². The maximum Gasteiger partial charge on any atom is 0.242 e. The Kier molecular flexibility index (Phi) is 2.67. The Morgan fingerprint density at radius 3 is 2.73 bits per heavy atom. The SMILES string of the molecule is C[C@@H]1[C@@H](O)C(=O)C2=C(CCC2)[C@]12C(=O)N(C)c1ccccc12. The number of aliphatic hydroxyl groups is 1. The van der Waals surface area contributed by atoms with E-state index in [4.69, 9.17) is 0 Å². The van der Waals surface area contributed by atoms with Crippen molar-refractivity contribution in [2.45, 2.75) is 37.7 Å². The van der Waals surface area contributed by atoms with Crippen molar-refractivity contribution in [2.75, 3.05) is 11.9 Å². The van der Waals surface area contributed by atoms with E-state index in [0.717, 1.165) is 29.7 Å². The number of carbonyl (C=O) groups is 2. The molecule has 0 unspecified atom stereocenters. The van der Waals surface area contributed by atoms with Crippen LogP contribution in [0.15, 0.2) is 35.4 Å². The van der Waals surface area contributed by atoms with Crippen molar-refractivity contribution in [3.63, 3.8) is 0 Å². The lowest BCUT2D eigenvalue weighted by Gasteiger charge is -2.42. The number of hydrogen-bond acceptors (Lipinski definition) is 3. The Labute approximate surface area is 129 Å². The van der Waals surface area contributed by atoms with Crippen LogP contribution in [0.3, 0.4) is 0 Å². The standard InChI is InChI=1S/C18H19NO3/c1-10-15(20)16(21)11-6-5-8-12(11)18(10)13-7-3-4-9-14(13)19(2)17(18)22/h3-4,7,9-10,15,20H,5-6,8H2,1-2H3/t10-,15-,18-/m1/s1. The minimum Gasteiger partial charge on any atom is -0.385 e. The van der Waals surface area contributed by atoms with Gasteiger partial charge in [0.15, 0.2) is 5.78 Å². The van der Waals surface area contributed by atoms with Gasteiger partial charge >= 0.3 is 0 Å². The zero-order valence-electron chi connectivity index (χ0n) is 12.8. The summed E-state index contributed by atoms with van der Waals surface area (Å²) >= 11 is 0. The van der Waals surface area contributed by atoms with E-state index in [0.29, 0.717) is 12.0 Å². The van der Waals surface area contributed by atoms with E-state index in [-0.39, 0.29) is 11.7 Å². The highest BCUT2D eigenvalue weighted by Crippen LogP contribution is 2.57. The average molecular weight is 297 g/mol. The first-order chi connectivity index (χ1) is 10.5. The lowest BCUT2D eigenvalue weighted by Crippen LogP contribution is -2.54. The quantitative estimate of drug-likeness (QED) is 0.796. The molecule has 1 aromatic carbocycles. The van der Waals surface area contributed by atoms with E-state index < -0.39 is 17.4 Å². The zero-order chi connectivity index (χ0) is 15.6. The minimum absolute atomic E-state index is 0.0119. The van der Waals surface area contributed by atoms with Gasteiger partial charge in [-0.05, 0) is 42.0 Å². The summed E-state index contributed by atoms with van der Waals surface area (Å²) in [5.74, 6) is -0.622. The Hall–Kier alpha value is -1.94. The number of hydrogen-bond donors (Lipinski definition) is 1. The van der Waals surface area contributed by atoms with Crippen molar-refractivity contribution in [3.8, 4) is 0 Å². The molecule has 0 aromatic heterocycles. The van der Waals surface area contributed by atoms with Gasteiger partial charge in [-0.15, -0.1) is 0 Å². The first-order valence-corrected chi connectivity index (χ1v) is 7.83. The van der Waals surface area contributed by atoms with Gasteiger partial charge in [0, 0.05) is 18.7 Å². The minimum atomic E-state index is -1.10. The third kappa shape index (κ3) is 1.32. The summed E-state index contributed by atoms with van der Waals surface area (Å²) in [5, 5.41) is 10.5. The van der Waals surface area contributed by atoms with Crippen molar-refractivity contribution in [1.29, 1.82) is 0 Å². The number of likely N-dealkylation sites (N-methyl/N-ethyl adjacent to an activating group) is 1. The molecular weight excluding hydrogens is 278 g/mol. The number of rotatable bonds is 0. The lowest BCUT2D eigenvalue weighted by molar-refractivity contribution is -0.133. The molecule has 1 N–H and O–H groups in total. The summed E-state index contributed by atoms with van der Waals surface area (Å²) in [6.07, 6.45) is 1.24. The molecule has 1 heterocycles. The number of benzene rings is 1. The van der Waals surface area contributed by atoms with E-state index in [9.17, 15) is 14.7 Å². The molecular formula is C18H19NO3. The fourth-order valence-electron chi connectivity index (χ4n) is 4.69. The van der Waals surface area contributed by atoms with Crippen LogP contribution in [0.25, 0.3) is 0 Å². The van der Waals surface area contributed by atoms with E-state index >= 15 is 0 Å². The molecule has 3 atom stereocenters. The number of aliphatic hydroxyl groups excluding tert-OH is 1. The molecule has 0 fully saturated rings. The summed E-state index contributed by atoms with van der Waals surface area (Å²) in [7, 11) is 1.78. The van der Waals surface area contributed by atoms with Crippen LogP contribution in [0.1, 0.15) is 31.7 Å². The van der Waals surface area contributed by atoms with E-state index in [1.165, 1.54) is 0 Å². The van der Waals surface area contributed by atoms with Crippen LogP contribution in [-0.4, -0.2) is 29.9 Å². The largest absolute Gasteiger partial charge is 0.385 e. The summed E-state index contributed by atoms with van der Waals surface area (Å²) in [5.41, 5.74) is 2.63. The first kappa shape index (κ1) is 13.7. The molecule has 2 aliphatic carbocycles. The van der Waals surface area contributed by atoms with Crippen LogP contribution in [-0.2, 0) is 15.0 Å². The maximum atomic E-state index is 13.2. The van der Waals surface area contributed by atoms with Crippen molar-refractivity contribution in [2.24, 2.45) is 5.92 Å². The molecule has 1 aromatic rings. The second kappa shape index (κ2) is 4.29. The van der Waals surface area contributed by atoms with Crippen LogP contribution in [0, 0.1) is 5.92 Å². The molecule has 0 saturated heterocycles. The number of amides is 1. The number of nitrogens with zero attached hydrogens (tertiary/aromatic N) is 1. The monoisotopic (exact) mass is 297 g/mol. The van der Waals surface area contributed by atoms with E-state index in [1.54, 1.807) is 11.9 Å². The summed E-state index contributed by atoms with van der Waals surface area (Å²) in [6.45, 7) is 1.83. The predicted octanol–water partition coefficient (Wildman–Crippen LogP) is 1.96. The number of ketones is 1. The van der Waals surface area contributed by atoms with Gasteiger partial charge in [-0.2, -0.15) is 0 Å². The van der Waals surface area contributed by atoms with Gasteiger partial charge in [0.05, 0.1) is 0 Å². The van der Waals surface area contributed by atoms with Gasteiger partial charge < -0.3 is 10.0 Å². The Morgan fingerprint density at radius 1 is 1.23 bits per heavy atom. The highest BCUT2D eigenvalue weighted by atomic mass is 16.3. The normalized spacial score (nSPS) is 33.7. The first-order valence-electron chi connectivity index (χ1n) is 7.83. The molecule has 1 aliphatic heterocycles. The predicted molar refractivity (Wildman–Crippen MR) is 82.6 cm³/mol. The summed E-state index contributed by atoms with van der Waals surface area (Å²) in [6, 6.07) is 7.75. The van der Waals surface area contributed by atoms with E-state index in [2.05, 4.69) is 0 Å². The fraction of sp³-hybridized carbons (Fsp3) is 0.444.